The number of aromatic amines is 1. The van der Waals surface area contributed by atoms with Crippen molar-refractivity contribution in [3.63, 3.8) is 0 Å². The summed E-state index contributed by atoms with van der Waals surface area (Å²) in [5.74, 6) is 0. The average molecular weight is 313 g/mol. The molecule has 1 aromatic carbocycles. The smallest absolute Gasteiger partial charge is 0.315 e. The number of H-pyrrole nitrogens is 1. The normalized spacial score (nSPS) is 19.5. The van der Waals surface area contributed by atoms with Gasteiger partial charge in [-0.15, -0.1) is 0 Å². The summed E-state index contributed by atoms with van der Waals surface area (Å²) in [6.07, 6.45) is -3.31. The van der Waals surface area contributed by atoms with Crippen molar-refractivity contribution in [1.82, 2.24) is 14.9 Å². The molecule has 1 aromatic heterocycles. The van der Waals surface area contributed by atoms with Crippen LogP contribution in [0.2, 0.25) is 0 Å². The molecule has 3 rings (SSSR count). The molecule has 1 fully saturated rings. The van der Waals surface area contributed by atoms with Crippen LogP contribution in [0.1, 0.15) is 24.4 Å². The zero-order valence-corrected chi connectivity index (χ0v) is 11.5. The summed E-state index contributed by atoms with van der Waals surface area (Å²) >= 11 is 0. The summed E-state index contributed by atoms with van der Waals surface area (Å²) in [6.45, 7) is 1.16. The molecule has 0 bridgehead atoms. The zero-order chi connectivity index (χ0) is 15.9. The van der Waals surface area contributed by atoms with E-state index >= 15 is 0 Å². The first kappa shape index (κ1) is 14.8. The molecule has 118 valence electrons. The lowest BCUT2D eigenvalue weighted by Crippen LogP contribution is -2.44. The molecule has 1 unspecified atom stereocenters. The van der Waals surface area contributed by atoms with E-state index in [9.17, 15) is 22.8 Å². The van der Waals surface area contributed by atoms with E-state index in [1.807, 2.05) is 0 Å². The molecule has 0 aliphatic carbocycles. The molecule has 0 saturated carbocycles. The van der Waals surface area contributed by atoms with E-state index in [0.29, 0.717) is 13.0 Å². The fourth-order valence-corrected chi connectivity index (χ4v) is 2.90. The second kappa shape index (κ2) is 5.28. The minimum Gasteiger partial charge on any atom is -0.315 e. The van der Waals surface area contributed by atoms with Crippen molar-refractivity contribution in [2.45, 2.75) is 25.1 Å². The molecule has 1 saturated heterocycles. The van der Waals surface area contributed by atoms with Crippen LogP contribution < -0.4 is 16.6 Å². The summed E-state index contributed by atoms with van der Waals surface area (Å²) in [4.78, 5) is 27.0. The van der Waals surface area contributed by atoms with Gasteiger partial charge in [0.2, 0.25) is 0 Å². The zero-order valence-electron chi connectivity index (χ0n) is 11.5. The van der Waals surface area contributed by atoms with Crippen molar-refractivity contribution in [1.29, 1.82) is 0 Å². The number of aromatic nitrogens is 2. The van der Waals surface area contributed by atoms with Gasteiger partial charge in [0.15, 0.2) is 0 Å². The van der Waals surface area contributed by atoms with Crippen LogP contribution in [0.3, 0.4) is 0 Å². The lowest BCUT2D eigenvalue weighted by molar-refractivity contribution is -0.136. The van der Waals surface area contributed by atoms with Crippen molar-refractivity contribution in [2.75, 3.05) is 13.1 Å². The highest BCUT2D eigenvalue weighted by molar-refractivity contribution is 5.81. The number of hydrogen-bond donors (Lipinski definition) is 2. The fraction of sp³-hybridized carbons (Fsp3) is 0.429. The van der Waals surface area contributed by atoms with Crippen molar-refractivity contribution in [3.05, 3.63) is 44.6 Å². The summed E-state index contributed by atoms with van der Waals surface area (Å²) < 4.78 is 40.3. The van der Waals surface area contributed by atoms with Gasteiger partial charge in [0.25, 0.3) is 5.56 Å². The van der Waals surface area contributed by atoms with E-state index < -0.39 is 34.4 Å². The van der Waals surface area contributed by atoms with Gasteiger partial charge in [-0.3, -0.25) is 9.36 Å². The topological polar surface area (TPSA) is 66.9 Å². The Labute approximate surface area is 122 Å². The summed E-state index contributed by atoms with van der Waals surface area (Å²) in [5.41, 5.74) is -2.68. The molecule has 0 radical (unpaired) electrons. The molecule has 8 heteroatoms. The number of rotatable bonds is 1. The molecule has 1 atom stereocenters. The highest BCUT2D eigenvalue weighted by Crippen LogP contribution is 2.32. The third-order valence-corrected chi connectivity index (χ3v) is 3.90. The summed E-state index contributed by atoms with van der Waals surface area (Å²) in [7, 11) is 0. The first-order valence-corrected chi connectivity index (χ1v) is 6.95. The van der Waals surface area contributed by atoms with Gasteiger partial charge in [-0.25, -0.2) is 4.79 Å². The first-order valence-electron chi connectivity index (χ1n) is 6.95. The minimum absolute atomic E-state index is 0.0927. The molecule has 0 spiro atoms. The van der Waals surface area contributed by atoms with Crippen molar-refractivity contribution < 1.29 is 13.2 Å². The third-order valence-electron chi connectivity index (χ3n) is 3.90. The monoisotopic (exact) mass is 313 g/mol. The Kier molecular flexibility index (Phi) is 3.56. The second-order valence-corrected chi connectivity index (χ2v) is 5.33. The maximum absolute atomic E-state index is 13.1. The number of hydrogen-bond acceptors (Lipinski definition) is 3. The van der Waals surface area contributed by atoms with Crippen LogP contribution in [0.25, 0.3) is 10.9 Å². The van der Waals surface area contributed by atoms with Crippen molar-refractivity contribution >= 4 is 10.9 Å². The number of benzene rings is 1. The predicted octanol–water partition coefficient (Wildman–Crippen LogP) is 1.63. The van der Waals surface area contributed by atoms with Crippen molar-refractivity contribution in [3.8, 4) is 0 Å². The van der Waals surface area contributed by atoms with E-state index in [1.54, 1.807) is 0 Å². The highest BCUT2D eigenvalue weighted by Gasteiger charge is 2.34. The molecular formula is C14H14F3N3O2. The number of nitrogens with one attached hydrogen (secondary N) is 2. The van der Waals surface area contributed by atoms with Gasteiger partial charge in [0.05, 0.1) is 22.5 Å². The summed E-state index contributed by atoms with van der Waals surface area (Å²) in [6, 6.07) is 2.89. The van der Waals surface area contributed by atoms with E-state index in [-0.39, 0.29) is 5.52 Å². The van der Waals surface area contributed by atoms with Crippen LogP contribution in [0, 0.1) is 0 Å². The molecule has 22 heavy (non-hydrogen) atoms. The highest BCUT2D eigenvalue weighted by atomic mass is 19.4. The Morgan fingerprint density at radius 2 is 2.00 bits per heavy atom. The van der Waals surface area contributed by atoms with Crippen LogP contribution in [0.4, 0.5) is 13.2 Å². The number of halogens is 3. The van der Waals surface area contributed by atoms with Crippen LogP contribution in [0.5, 0.6) is 0 Å². The van der Waals surface area contributed by atoms with Gasteiger partial charge in [-0.05, 0) is 31.5 Å². The maximum atomic E-state index is 13.1. The van der Waals surface area contributed by atoms with E-state index in [4.69, 9.17) is 0 Å². The van der Waals surface area contributed by atoms with Gasteiger partial charge >= 0.3 is 11.9 Å². The molecule has 5 nitrogen and oxygen atoms in total. The number of alkyl halides is 3. The Bertz CT molecular complexity index is 817. The number of fused-ring (bicyclic) bond motifs is 1. The van der Waals surface area contributed by atoms with Crippen LogP contribution >= 0.6 is 0 Å². The van der Waals surface area contributed by atoms with Crippen molar-refractivity contribution in [2.24, 2.45) is 0 Å². The minimum atomic E-state index is -4.65. The SMILES string of the molecule is O=c1[nH]c2cccc(C(F)(F)F)c2c(=O)n1C1CCCNC1. The van der Waals surface area contributed by atoms with Gasteiger partial charge in [-0.2, -0.15) is 13.2 Å². The lowest BCUT2D eigenvalue weighted by atomic mass is 10.1. The molecule has 2 N–H and O–H groups in total. The Balaban J connectivity index is 2.31. The second-order valence-electron chi connectivity index (χ2n) is 5.33. The van der Waals surface area contributed by atoms with Crippen LogP contribution in [0.15, 0.2) is 27.8 Å². The van der Waals surface area contributed by atoms with Crippen LogP contribution in [-0.4, -0.2) is 22.6 Å². The first-order chi connectivity index (χ1) is 10.4. The standard InChI is InChI=1S/C14H14F3N3O2/c15-14(16,17)9-4-1-5-10-11(9)12(21)20(13(22)19-10)8-3-2-6-18-7-8/h1,4-5,8,18H,2-3,6-7H2,(H,19,22). The molecule has 1 aliphatic heterocycles. The largest absolute Gasteiger partial charge is 0.417 e. The Hall–Kier alpha value is -2.09. The predicted molar refractivity (Wildman–Crippen MR) is 75.0 cm³/mol. The average Bonchev–Trinajstić information content (AvgIpc) is 2.46. The van der Waals surface area contributed by atoms with Crippen LogP contribution in [-0.2, 0) is 6.18 Å². The quantitative estimate of drug-likeness (QED) is 0.841. The molecular weight excluding hydrogens is 299 g/mol. The molecule has 1 aliphatic rings. The molecule has 2 heterocycles. The van der Waals surface area contributed by atoms with E-state index in [2.05, 4.69) is 10.3 Å². The Morgan fingerprint density at radius 1 is 1.23 bits per heavy atom. The fourth-order valence-electron chi connectivity index (χ4n) is 2.90. The van der Waals surface area contributed by atoms with Gasteiger partial charge in [0.1, 0.15) is 0 Å². The maximum Gasteiger partial charge on any atom is 0.417 e. The molecule has 0 amide bonds. The summed E-state index contributed by atoms with van der Waals surface area (Å²) in [5, 5.41) is 2.56. The third kappa shape index (κ3) is 2.43. The van der Waals surface area contributed by atoms with Gasteiger partial charge < -0.3 is 10.3 Å². The van der Waals surface area contributed by atoms with Gasteiger partial charge in [0, 0.05) is 6.54 Å². The van der Waals surface area contributed by atoms with E-state index in [0.717, 1.165) is 23.6 Å². The Morgan fingerprint density at radius 3 is 2.64 bits per heavy atom. The van der Waals surface area contributed by atoms with Gasteiger partial charge in [-0.1, -0.05) is 6.07 Å². The molecule has 2 aromatic rings. The van der Waals surface area contributed by atoms with E-state index in [1.165, 1.54) is 12.1 Å². The number of piperidine rings is 1. The number of nitrogens with zero attached hydrogens (tertiary/aromatic N) is 1. The lowest BCUT2D eigenvalue weighted by Gasteiger charge is -2.24.